The molecule has 0 aliphatic carbocycles. The molecule has 1 heterocycles. The summed E-state index contributed by atoms with van der Waals surface area (Å²) < 4.78 is 12.5. The summed E-state index contributed by atoms with van der Waals surface area (Å²) in [5, 5.41) is 22.4. The molecule has 0 saturated carbocycles. The van der Waals surface area contributed by atoms with Crippen LogP contribution in [0.3, 0.4) is 0 Å². The van der Waals surface area contributed by atoms with Gasteiger partial charge in [-0.2, -0.15) is 0 Å². The average Bonchev–Trinajstić information content (AvgIpc) is 2.78. The Morgan fingerprint density at radius 3 is 2.65 bits per heavy atom. The summed E-state index contributed by atoms with van der Waals surface area (Å²) >= 11 is 6.23. The molecule has 1 aliphatic heterocycles. The SMILES string of the molecule is CCCCOc1ccc(C(=O)O)cc1[C@H]1C[C@@](C)(NC(=O)CCO)C[C@@H](c2cccc(Cl)c2)O1. The van der Waals surface area contributed by atoms with Crippen LogP contribution in [0.5, 0.6) is 5.75 Å². The van der Waals surface area contributed by atoms with Gasteiger partial charge in [-0.05, 0) is 49.2 Å². The number of hydrogen-bond donors (Lipinski definition) is 3. The van der Waals surface area contributed by atoms with E-state index >= 15 is 0 Å². The maximum atomic E-state index is 12.4. The van der Waals surface area contributed by atoms with E-state index in [1.54, 1.807) is 18.2 Å². The number of carbonyl (C=O) groups is 2. The zero-order valence-electron chi connectivity index (χ0n) is 19.6. The number of aliphatic hydroxyl groups excluding tert-OH is 1. The van der Waals surface area contributed by atoms with E-state index in [-0.39, 0.29) is 24.5 Å². The zero-order chi connectivity index (χ0) is 24.7. The van der Waals surface area contributed by atoms with Gasteiger partial charge < -0.3 is 25.0 Å². The number of hydrogen-bond acceptors (Lipinski definition) is 5. The monoisotopic (exact) mass is 489 g/mol. The number of carboxylic acids is 1. The first-order valence-corrected chi connectivity index (χ1v) is 12.0. The first kappa shape index (κ1) is 26.0. The van der Waals surface area contributed by atoms with Gasteiger partial charge in [-0.25, -0.2) is 4.79 Å². The van der Waals surface area contributed by atoms with Gasteiger partial charge in [-0.3, -0.25) is 4.79 Å². The van der Waals surface area contributed by atoms with Gasteiger partial charge in [0.25, 0.3) is 0 Å². The van der Waals surface area contributed by atoms with Crippen LogP contribution in [0.4, 0.5) is 0 Å². The third-order valence-electron chi connectivity index (χ3n) is 5.96. The molecule has 1 fully saturated rings. The van der Waals surface area contributed by atoms with Crippen LogP contribution < -0.4 is 10.1 Å². The Morgan fingerprint density at radius 1 is 1.21 bits per heavy atom. The number of carbonyl (C=O) groups excluding carboxylic acids is 1. The standard InChI is InChI=1S/C26H32ClNO6/c1-3-4-12-33-21-9-8-18(25(31)32)14-20(21)23-16-26(2,28-24(30)10-11-29)15-22(34-23)17-6-5-7-19(27)13-17/h5-9,13-14,22-23,29H,3-4,10-12,15-16H2,1-2H3,(H,28,30)(H,31,32)/t22-,23+,26-/m0/s1. The Balaban J connectivity index is 2.01. The van der Waals surface area contributed by atoms with Gasteiger partial charge in [0.15, 0.2) is 0 Å². The van der Waals surface area contributed by atoms with Crippen LogP contribution >= 0.6 is 11.6 Å². The molecule has 3 rings (SSSR count). The molecule has 1 saturated heterocycles. The quantitative estimate of drug-likeness (QED) is 0.402. The van der Waals surface area contributed by atoms with E-state index in [4.69, 9.17) is 21.1 Å². The van der Waals surface area contributed by atoms with E-state index in [2.05, 4.69) is 12.2 Å². The fourth-order valence-electron chi connectivity index (χ4n) is 4.28. The van der Waals surface area contributed by atoms with E-state index in [1.165, 1.54) is 6.07 Å². The van der Waals surface area contributed by atoms with Crippen LogP contribution in [0.1, 0.15) is 79.6 Å². The zero-order valence-corrected chi connectivity index (χ0v) is 20.3. The van der Waals surface area contributed by atoms with Crippen LogP contribution in [0.2, 0.25) is 5.02 Å². The van der Waals surface area contributed by atoms with Gasteiger partial charge >= 0.3 is 5.97 Å². The van der Waals surface area contributed by atoms with E-state index in [0.717, 1.165) is 18.4 Å². The van der Waals surface area contributed by atoms with Crippen LogP contribution in [0.25, 0.3) is 0 Å². The molecule has 0 radical (unpaired) electrons. The molecule has 2 aromatic carbocycles. The number of aromatic carboxylic acids is 1. The van der Waals surface area contributed by atoms with Gasteiger partial charge in [0.05, 0.1) is 31.0 Å². The molecule has 3 N–H and O–H groups in total. The lowest BCUT2D eigenvalue weighted by Gasteiger charge is -2.43. The third-order valence-corrected chi connectivity index (χ3v) is 6.20. The second-order valence-electron chi connectivity index (χ2n) is 8.92. The highest BCUT2D eigenvalue weighted by atomic mass is 35.5. The fraction of sp³-hybridized carbons (Fsp3) is 0.462. The lowest BCUT2D eigenvalue weighted by atomic mass is 9.81. The average molecular weight is 490 g/mol. The molecule has 3 atom stereocenters. The Kier molecular flexibility index (Phi) is 8.94. The third kappa shape index (κ3) is 6.72. The number of unbranched alkanes of at least 4 members (excludes halogenated alkanes) is 1. The van der Waals surface area contributed by atoms with Crippen molar-refractivity contribution in [2.75, 3.05) is 13.2 Å². The Bertz CT molecular complexity index is 1010. The van der Waals surface area contributed by atoms with Crippen LogP contribution in [-0.2, 0) is 9.53 Å². The second kappa shape index (κ2) is 11.7. The lowest BCUT2D eigenvalue weighted by molar-refractivity contribution is -0.129. The predicted octanol–water partition coefficient (Wildman–Crippen LogP) is 5.07. The molecule has 0 bridgehead atoms. The molecule has 0 unspecified atom stereocenters. The minimum Gasteiger partial charge on any atom is -0.493 e. The summed E-state index contributed by atoms with van der Waals surface area (Å²) in [6.45, 7) is 4.27. The number of rotatable bonds is 10. The topological polar surface area (TPSA) is 105 Å². The normalized spacial score (nSPS) is 22.2. The summed E-state index contributed by atoms with van der Waals surface area (Å²) in [5.74, 6) is -0.726. The van der Waals surface area contributed by atoms with E-state index < -0.39 is 23.7 Å². The van der Waals surface area contributed by atoms with Crippen molar-refractivity contribution in [3.05, 3.63) is 64.2 Å². The molecular weight excluding hydrogens is 458 g/mol. The molecule has 1 amide bonds. The van der Waals surface area contributed by atoms with Crippen LogP contribution in [0, 0.1) is 0 Å². The first-order valence-electron chi connectivity index (χ1n) is 11.6. The molecule has 7 nitrogen and oxygen atoms in total. The number of nitrogens with one attached hydrogen (secondary N) is 1. The number of ether oxygens (including phenoxy) is 2. The summed E-state index contributed by atoms with van der Waals surface area (Å²) in [4.78, 5) is 24.1. The van der Waals surface area contributed by atoms with Crippen molar-refractivity contribution >= 4 is 23.5 Å². The minimum atomic E-state index is -1.04. The smallest absolute Gasteiger partial charge is 0.335 e. The Hall–Kier alpha value is -2.61. The Labute approximate surface area is 205 Å². The van der Waals surface area contributed by atoms with Crippen LogP contribution in [0.15, 0.2) is 42.5 Å². The number of amides is 1. The summed E-state index contributed by atoms with van der Waals surface area (Å²) in [6, 6.07) is 12.2. The highest BCUT2D eigenvalue weighted by molar-refractivity contribution is 6.30. The van der Waals surface area contributed by atoms with Gasteiger partial charge in [-0.15, -0.1) is 0 Å². The van der Waals surface area contributed by atoms with E-state index in [1.807, 2.05) is 25.1 Å². The molecule has 0 aromatic heterocycles. The highest BCUT2D eigenvalue weighted by Gasteiger charge is 2.41. The molecule has 0 spiro atoms. The molecule has 1 aliphatic rings. The molecule has 34 heavy (non-hydrogen) atoms. The van der Waals surface area contributed by atoms with Crippen molar-refractivity contribution in [3.8, 4) is 5.75 Å². The number of halogens is 1. The largest absolute Gasteiger partial charge is 0.493 e. The first-order chi connectivity index (χ1) is 16.2. The van der Waals surface area contributed by atoms with E-state index in [9.17, 15) is 19.8 Å². The maximum absolute atomic E-state index is 12.4. The number of carboxylic acid groups (broad SMARTS) is 1. The van der Waals surface area contributed by atoms with E-state index in [0.29, 0.717) is 35.8 Å². The van der Waals surface area contributed by atoms with Gasteiger partial charge in [0, 0.05) is 35.4 Å². The second-order valence-corrected chi connectivity index (χ2v) is 9.36. The maximum Gasteiger partial charge on any atom is 0.335 e. The molecule has 184 valence electrons. The molecular formula is C26H32ClNO6. The van der Waals surface area contributed by atoms with Gasteiger partial charge in [-0.1, -0.05) is 37.1 Å². The molecule has 2 aromatic rings. The predicted molar refractivity (Wildman–Crippen MR) is 129 cm³/mol. The van der Waals surface area contributed by atoms with Crippen molar-refractivity contribution in [2.24, 2.45) is 0 Å². The van der Waals surface area contributed by atoms with Crippen molar-refractivity contribution in [1.82, 2.24) is 5.32 Å². The Morgan fingerprint density at radius 2 is 1.97 bits per heavy atom. The summed E-state index contributed by atoms with van der Waals surface area (Å²) in [5.41, 5.74) is 0.965. The van der Waals surface area contributed by atoms with Crippen molar-refractivity contribution < 1.29 is 29.3 Å². The van der Waals surface area contributed by atoms with Gasteiger partial charge in [0.1, 0.15) is 5.75 Å². The van der Waals surface area contributed by atoms with Gasteiger partial charge in [0.2, 0.25) is 5.91 Å². The summed E-state index contributed by atoms with van der Waals surface area (Å²) in [7, 11) is 0. The molecule has 8 heteroatoms. The summed E-state index contributed by atoms with van der Waals surface area (Å²) in [6.07, 6.45) is 1.81. The lowest BCUT2D eigenvalue weighted by Crippen LogP contribution is -2.51. The fourth-order valence-corrected chi connectivity index (χ4v) is 4.48. The van der Waals surface area contributed by atoms with Crippen LogP contribution in [-0.4, -0.2) is 40.8 Å². The minimum absolute atomic E-state index is 0.00280. The number of benzene rings is 2. The highest BCUT2D eigenvalue weighted by Crippen LogP contribution is 2.46. The van der Waals surface area contributed by atoms with Crippen molar-refractivity contribution in [3.63, 3.8) is 0 Å². The number of aliphatic hydroxyl groups is 1. The van der Waals surface area contributed by atoms with Crippen molar-refractivity contribution in [2.45, 2.75) is 63.7 Å². The van der Waals surface area contributed by atoms with Crippen molar-refractivity contribution in [1.29, 1.82) is 0 Å².